The zero-order valence-electron chi connectivity index (χ0n) is 18.5. The van der Waals surface area contributed by atoms with Crippen LogP contribution in [0.4, 0.5) is 5.95 Å². The maximum atomic E-state index is 13.0. The third kappa shape index (κ3) is 4.66. The molecule has 0 radical (unpaired) electrons. The SMILES string of the molecule is COc1ccccc1C(C)NC(=O)C(C)N1CCCN(c2nc3ccccc3[nH]2)CC1. The summed E-state index contributed by atoms with van der Waals surface area (Å²) in [6.07, 6.45) is 0.983. The zero-order valence-corrected chi connectivity index (χ0v) is 18.5. The van der Waals surface area contributed by atoms with Crippen LogP contribution < -0.4 is 15.0 Å². The van der Waals surface area contributed by atoms with Gasteiger partial charge in [0.2, 0.25) is 11.9 Å². The molecule has 1 saturated heterocycles. The minimum absolute atomic E-state index is 0.0376. The third-order valence-corrected chi connectivity index (χ3v) is 6.10. The number of carbonyl (C=O) groups is 1. The molecule has 2 aromatic carbocycles. The van der Waals surface area contributed by atoms with Crippen molar-refractivity contribution in [2.75, 3.05) is 38.2 Å². The molecule has 1 aliphatic rings. The summed E-state index contributed by atoms with van der Waals surface area (Å²) in [5.74, 6) is 1.74. The summed E-state index contributed by atoms with van der Waals surface area (Å²) in [7, 11) is 1.65. The molecule has 164 valence electrons. The fourth-order valence-corrected chi connectivity index (χ4v) is 4.23. The minimum atomic E-state index is -0.201. The Hall–Kier alpha value is -3.06. The number of fused-ring (bicyclic) bond motifs is 1. The molecule has 0 aliphatic carbocycles. The lowest BCUT2D eigenvalue weighted by atomic mass is 10.1. The number of hydrogen-bond acceptors (Lipinski definition) is 5. The number of ether oxygens (including phenoxy) is 1. The van der Waals surface area contributed by atoms with Crippen LogP contribution in [0.25, 0.3) is 11.0 Å². The highest BCUT2D eigenvalue weighted by atomic mass is 16.5. The first-order valence-electron chi connectivity index (χ1n) is 10.9. The third-order valence-electron chi connectivity index (χ3n) is 6.10. The number of nitrogens with one attached hydrogen (secondary N) is 2. The van der Waals surface area contributed by atoms with Crippen molar-refractivity contribution in [2.45, 2.75) is 32.4 Å². The summed E-state index contributed by atoms with van der Waals surface area (Å²) < 4.78 is 5.44. The van der Waals surface area contributed by atoms with Crippen LogP contribution in [0.1, 0.15) is 31.9 Å². The highest BCUT2D eigenvalue weighted by Crippen LogP contribution is 2.25. The van der Waals surface area contributed by atoms with Gasteiger partial charge in [-0.15, -0.1) is 0 Å². The number of para-hydroxylation sites is 3. The van der Waals surface area contributed by atoms with Crippen molar-refractivity contribution < 1.29 is 9.53 Å². The van der Waals surface area contributed by atoms with Gasteiger partial charge in [0.15, 0.2) is 0 Å². The summed E-state index contributed by atoms with van der Waals surface area (Å²) in [5, 5.41) is 3.16. The molecule has 2 heterocycles. The standard InChI is InChI=1S/C24H31N5O2/c1-17(19-9-4-7-12-22(19)31-3)25-23(30)18(2)28-13-8-14-29(16-15-28)24-26-20-10-5-6-11-21(20)27-24/h4-7,9-12,17-18H,8,13-16H2,1-3H3,(H,25,30)(H,26,27). The lowest BCUT2D eigenvalue weighted by Crippen LogP contribution is -2.47. The lowest BCUT2D eigenvalue weighted by Gasteiger charge is -2.28. The van der Waals surface area contributed by atoms with Gasteiger partial charge in [-0.05, 0) is 38.5 Å². The van der Waals surface area contributed by atoms with Crippen LogP contribution in [-0.4, -0.2) is 60.1 Å². The molecule has 7 nitrogen and oxygen atoms in total. The first kappa shape index (κ1) is 21.2. The van der Waals surface area contributed by atoms with Crippen LogP contribution in [0, 0.1) is 0 Å². The van der Waals surface area contributed by atoms with E-state index in [-0.39, 0.29) is 18.0 Å². The van der Waals surface area contributed by atoms with Gasteiger partial charge in [0, 0.05) is 31.7 Å². The topological polar surface area (TPSA) is 73.5 Å². The van der Waals surface area contributed by atoms with Crippen LogP contribution in [0.5, 0.6) is 5.75 Å². The number of H-pyrrole nitrogens is 1. The van der Waals surface area contributed by atoms with Crippen molar-refractivity contribution in [3.05, 3.63) is 54.1 Å². The van der Waals surface area contributed by atoms with E-state index in [1.54, 1.807) is 7.11 Å². The first-order valence-corrected chi connectivity index (χ1v) is 10.9. The number of methoxy groups -OCH3 is 1. The van der Waals surface area contributed by atoms with E-state index in [0.717, 1.165) is 60.9 Å². The van der Waals surface area contributed by atoms with Gasteiger partial charge in [-0.2, -0.15) is 0 Å². The van der Waals surface area contributed by atoms with Crippen LogP contribution in [0.2, 0.25) is 0 Å². The molecule has 2 N–H and O–H groups in total. The number of imidazole rings is 1. The average Bonchev–Trinajstić information content (AvgIpc) is 3.08. The Kier molecular flexibility index (Phi) is 6.42. The molecule has 1 amide bonds. The molecule has 4 rings (SSSR count). The van der Waals surface area contributed by atoms with Crippen LogP contribution >= 0.6 is 0 Å². The fraction of sp³-hybridized carbons (Fsp3) is 0.417. The minimum Gasteiger partial charge on any atom is -0.496 e. The number of aromatic nitrogens is 2. The van der Waals surface area contributed by atoms with Crippen LogP contribution in [0.3, 0.4) is 0 Å². The van der Waals surface area contributed by atoms with Crippen molar-refractivity contribution in [3.63, 3.8) is 0 Å². The van der Waals surface area contributed by atoms with E-state index in [1.807, 2.05) is 62.4 Å². The van der Waals surface area contributed by atoms with Crippen molar-refractivity contribution in [1.82, 2.24) is 20.2 Å². The molecule has 2 unspecified atom stereocenters. The smallest absolute Gasteiger partial charge is 0.237 e. The molecular formula is C24H31N5O2. The highest BCUT2D eigenvalue weighted by molar-refractivity contribution is 5.82. The molecule has 1 aliphatic heterocycles. The number of rotatable bonds is 6. The Morgan fingerprint density at radius 2 is 1.84 bits per heavy atom. The van der Waals surface area contributed by atoms with E-state index in [0.29, 0.717) is 0 Å². The number of hydrogen-bond donors (Lipinski definition) is 2. The van der Waals surface area contributed by atoms with Crippen molar-refractivity contribution >= 4 is 22.9 Å². The second-order valence-corrected chi connectivity index (χ2v) is 8.10. The predicted octanol–water partition coefficient (Wildman–Crippen LogP) is 3.35. The highest BCUT2D eigenvalue weighted by Gasteiger charge is 2.26. The molecule has 1 fully saturated rings. The van der Waals surface area contributed by atoms with E-state index in [4.69, 9.17) is 9.72 Å². The second kappa shape index (κ2) is 9.39. The average molecular weight is 422 g/mol. The molecule has 0 bridgehead atoms. The van der Waals surface area contributed by atoms with Gasteiger partial charge in [0.1, 0.15) is 5.75 Å². The largest absolute Gasteiger partial charge is 0.496 e. The summed E-state index contributed by atoms with van der Waals surface area (Å²) in [6.45, 7) is 7.43. The van der Waals surface area contributed by atoms with E-state index in [2.05, 4.69) is 20.1 Å². The van der Waals surface area contributed by atoms with Crippen molar-refractivity contribution in [1.29, 1.82) is 0 Å². The quantitative estimate of drug-likeness (QED) is 0.639. The fourth-order valence-electron chi connectivity index (χ4n) is 4.23. The van der Waals surface area contributed by atoms with E-state index < -0.39 is 0 Å². The number of nitrogens with zero attached hydrogens (tertiary/aromatic N) is 3. The van der Waals surface area contributed by atoms with Gasteiger partial charge >= 0.3 is 0 Å². The maximum absolute atomic E-state index is 13.0. The first-order chi connectivity index (χ1) is 15.1. The predicted molar refractivity (Wildman–Crippen MR) is 124 cm³/mol. The van der Waals surface area contributed by atoms with E-state index in [1.165, 1.54) is 0 Å². The normalized spacial score (nSPS) is 17.2. The summed E-state index contributed by atoms with van der Waals surface area (Å²) in [4.78, 5) is 25.7. The van der Waals surface area contributed by atoms with Gasteiger partial charge in [-0.1, -0.05) is 30.3 Å². The van der Waals surface area contributed by atoms with Crippen LogP contribution in [-0.2, 0) is 4.79 Å². The Balaban J connectivity index is 1.37. The summed E-state index contributed by atoms with van der Waals surface area (Å²) >= 11 is 0. The lowest BCUT2D eigenvalue weighted by molar-refractivity contribution is -0.126. The van der Waals surface area contributed by atoms with Gasteiger partial charge in [0.25, 0.3) is 0 Å². The molecule has 1 aromatic heterocycles. The molecule has 7 heteroatoms. The monoisotopic (exact) mass is 421 g/mol. The second-order valence-electron chi connectivity index (χ2n) is 8.10. The number of amides is 1. The summed E-state index contributed by atoms with van der Waals surface area (Å²) in [6, 6.07) is 15.6. The molecule has 31 heavy (non-hydrogen) atoms. The Bertz CT molecular complexity index is 1000. The van der Waals surface area contributed by atoms with Gasteiger partial charge in [-0.3, -0.25) is 9.69 Å². The molecule has 0 saturated carbocycles. The van der Waals surface area contributed by atoms with Gasteiger partial charge in [-0.25, -0.2) is 4.98 Å². The van der Waals surface area contributed by atoms with Gasteiger partial charge in [0.05, 0.1) is 30.2 Å². The number of aromatic amines is 1. The van der Waals surface area contributed by atoms with Crippen LogP contribution in [0.15, 0.2) is 48.5 Å². The number of carbonyl (C=O) groups excluding carboxylic acids is 1. The number of benzene rings is 2. The van der Waals surface area contributed by atoms with Crippen molar-refractivity contribution in [2.24, 2.45) is 0 Å². The van der Waals surface area contributed by atoms with E-state index >= 15 is 0 Å². The maximum Gasteiger partial charge on any atom is 0.237 e. The Labute approximate surface area is 183 Å². The Morgan fingerprint density at radius 1 is 1.06 bits per heavy atom. The molecule has 0 spiro atoms. The summed E-state index contributed by atoms with van der Waals surface area (Å²) in [5.41, 5.74) is 3.02. The molecule has 2 atom stereocenters. The van der Waals surface area contributed by atoms with Crippen molar-refractivity contribution in [3.8, 4) is 5.75 Å². The van der Waals surface area contributed by atoms with Gasteiger partial charge < -0.3 is 19.9 Å². The zero-order chi connectivity index (χ0) is 21.8. The number of anilines is 1. The Morgan fingerprint density at radius 3 is 2.65 bits per heavy atom. The van der Waals surface area contributed by atoms with E-state index in [9.17, 15) is 4.79 Å². The molecule has 3 aromatic rings. The molecular weight excluding hydrogens is 390 g/mol.